The standard InChI is InChI=1S/C10H10F2O2/c11-7-2-1-6(8(12)4-7)3-9(13)10-5-14-10/h1-2,4,9-10,13H,3,5H2/t9-,10+/m0/s1. The number of benzene rings is 1. The number of halogens is 2. The topological polar surface area (TPSA) is 32.8 Å². The van der Waals surface area contributed by atoms with E-state index in [0.717, 1.165) is 6.07 Å². The van der Waals surface area contributed by atoms with E-state index in [1.807, 2.05) is 0 Å². The van der Waals surface area contributed by atoms with Gasteiger partial charge in [0.15, 0.2) is 0 Å². The monoisotopic (exact) mass is 200 g/mol. The highest BCUT2D eigenvalue weighted by atomic mass is 19.1. The van der Waals surface area contributed by atoms with Gasteiger partial charge in [0.1, 0.15) is 17.7 Å². The maximum absolute atomic E-state index is 13.1. The Morgan fingerprint density at radius 3 is 2.79 bits per heavy atom. The molecule has 4 heteroatoms. The second kappa shape index (κ2) is 3.63. The van der Waals surface area contributed by atoms with Crippen molar-refractivity contribution in [2.24, 2.45) is 0 Å². The lowest BCUT2D eigenvalue weighted by atomic mass is 10.1. The number of aliphatic hydroxyl groups excluding tert-OH is 1. The van der Waals surface area contributed by atoms with Crippen LogP contribution < -0.4 is 0 Å². The van der Waals surface area contributed by atoms with Gasteiger partial charge in [0.2, 0.25) is 0 Å². The van der Waals surface area contributed by atoms with Gasteiger partial charge in [-0.15, -0.1) is 0 Å². The van der Waals surface area contributed by atoms with Crippen molar-refractivity contribution in [3.63, 3.8) is 0 Å². The molecule has 0 aliphatic carbocycles. The Hall–Kier alpha value is -1.00. The minimum absolute atomic E-state index is 0.163. The quantitative estimate of drug-likeness (QED) is 0.745. The van der Waals surface area contributed by atoms with E-state index < -0.39 is 17.7 Å². The average molecular weight is 200 g/mol. The van der Waals surface area contributed by atoms with E-state index in [1.54, 1.807) is 0 Å². The third-order valence-electron chi connectivity index (χ3n) is 2.23. The molecule has 1 fully saturated rings. The van der Waals surface area contributed by atoms with Gasteiger partial charge in [-0.3, -0.25) is 0 Å². The van der Waals surface area contributed by atoms with Crippen LogP contribution in [0.15, 0.2) is 18.2 Å². The molecule has 2 atom stereocenters. The van der Waals surface area contributed by atoms with Gasteiger partial charge in [-0.25, -0.2) is 8.78 Å². The van der Waals surface area contributed by atoms with E-state index in [-0.39, 0.29) is 12.5 Å². The third-order valence-corrected chi connectivity index (χ3v) is 2.23. The molecule has 0 unspecified atom stereocenters. The van der Waals surface area contributed by atoms with Crippen LogP contribution in [-0.2, 0) is 11.2 Å². The molecule has 0 radical (unpaired) electrons. The minimum Gasteiger partial charge on any atom is -0.390 e. The van der Waals surface area contributed by atoms with Gasteiger partial charge in [-0.05, 0) is 11.6 Å². The second-order valence-corrected chi connectivity index (χ2v) is 3.38. The van der Waals surface area contributed by atoms with Crippen molar-refractivity contribution < 1.29 is 18.6 Å². The summed E-state index contributed by atoms with van der Waals surface area (Å²) in [6.07, 6.45) is -0.717. The van der Waals surface area contributed by atoms with Crippen LogP contribution in [0.2, 0.25) is 0 Å². The molecular weight excluding hydrogens is 190 g/mol. The Balaban J connectivity index is 2.07. The summed E-state index contributed by atoms with van der Waals surface area (Å²) in [5.74, 6) is -1.23. The van der Waals surface area contributed by atoms with Crippen molar-refractivity contribution in [3.05, 3.63) is 35.4 Å². The summed E-state index contributed by atoms with van der Waals surface area (Å²) in [5, 5.41) is 9.45. The Labute approximate surface area is 80.1 Å². The zero-order valence-electron chi connectivity index (χ0n) is 7.41. The molecule has 1 heterocycles. The van der Waals surface area contributed by atoms with Gasteiger partial charge in [0, 0.05) is 12.5 Å². The minimum atomic E-state index is -0.699. The fourth-order valence-electron chi connectivity index (χ4n) is 1.32. The molecule has 0 aromatic heterocycles. The van der Waals surface area contributed by atoms with E-state index in [2.05, 4.69) is 0 Å². The van der Waals surface area contributed by atoms with E-state index in [4.69, 9.17) is 4.74 Å². The first kappa shape index (κ1) is 9.55. The molecule has 1 aliphatic rings. The predicted molar refractivity (Wildman–Crippen MR) is 45.8 cm³/mol. The highest BCUT2D eigenvalue weighted by Crippen LogP contribution is 2.19. The first-order valence-electron chi connectivity index (χ1n) is 4.40. The predicted octanol–water partition coefficient (Wildman–Crippen LogP) is 1.27. The third kappa shape index (κ3) is 2.08. The summed E-state index contributed by atoms with van der Waals surface area (Å²) >= 11 is 0. The van der Waals surface area contributed by atoms with Crippen LogP contribution in [0.3, 0.4) is 0 Å². The van der Waals surface area contributed by atoms with Gasteiger partial charge in [0.25, 0.3) is 0 Å². The van der Waals surface area contributed by atoms with Gasteiger partial charge in [-0.1, -0.05) is 6.07 Å². The van der Waals surface area contributed by atoms with Crippen molar-refractivity contribution in [2.45, 2.75) is 18.6 Å². The van der Waals surface area contributed by atoms with Crippen molar-refractivity contribution >= 4 is 0 Å². The number of rotatable bonds is 3. The van der Waals surface area contributed by atoms with Crippen molar-refractivity contribution in [1.82, 2.24) is 0 Å². The molecule has 0 spiro atoms. The Morgan fingerprint density at radius 2 is 2.21 bits per heavy atom. The van der Waals surface area contributed by atoms with Crippen LogP contribution in [0.25, 0.3) is 0 Å². The lowest BCUT2D eigenvalue weighted by molar-refractivity contribution is 0.134. The van der Waals surface area contributed by atoms with Crippen molar-refractivity contribution in [1.29, 1.82) is 0 Å². The lowest BCUT2D eigenvalue weighted by Crippen LogP contribution is -2.18. The lowest BCUT2D eigenvalue weighted by Gasteiger charge is -2.07. The van der Waals surface area contributed by atoms with Crippen LogP contribution in [0, 0.1) is 11.6 Å². The maximum atomic E-state index is 13.1. The van der Waals surface area contributed by atoms with Crippen LogP contribution in [0.1, 0.15) is 5.56 Å². The molecule has 0 amide bonds. The van der Waals surface area contributed by atoms with E-state index in [0.29, 0.717) is 12.2 Å². The summed E-state index contributed by atoms with van der Waals surface area (Å²) < 4.78 is 30.5. The van der Waals surface area contributed by atoms with E-state index >= 15 is 0 Å². The first-order valence-corrected chi connectivity index (χ1v) is 4.40. The van der Waals surface area contributed by atoms with Gasteiger partial charge < -0.3 is 9.84 Å². The van der Waals surface area contributed by atoms with E-state index in [9.17, 15) is 13.9 Å². The molecule has 0 bridgehead atoms. The number of hydrogen-bond acceptors (Lipinski definition) is 2. The molecule has 1 N–H and O–H groups in total. The second-order valence-electron chi connectivity index (χ2n) is 3.38. The zero-order valence-corrected chi connectivity index (χ0v) is 7.41. The normalized spacial score (nSPS) is 22.1. The summed E-state index contributed by atoms with van der Waals surface area (Å²) in [6, 6.07) is 3.34. The van der Waals surface area contributed by atoms with E-state index in [1.165, 1.54) is 12.1 Å². The molecule has 2 rings (SSSR count). The molecule has 76 valence electrons. The fraction of sp³-hybridized carbons (Fsp3) is 0.400. The van der Waals surface area contributed by atoms with Gasteiger partial charge >= 0.3 is 0 Å². The number of aliphatic hydroxyl groups is 1. The summed E-state index contributed by atoms with van der Waals surface area (Å²) in [7, 11) is 0. The molecule has 0 saturated carbocycles. The molecule has 1 aromatic rings. The molecule has 1 aromatic carbocycles. The van der Waals surface area contributed by atoms with Crippen LogP contribution in [0.5, 0.6) is 0 Å². The molecule has 1 saturated heterocycles. The SMILES string of the molecule is O[C@@H](Cc1ccc(F)cc1F)[C@H]1CO1. The molecule has 2 nitrogen and oxygen atoms in total. The number of ether oxygens (including phenoxy) is 1. The summed E-state index contributed by atoms with van der Waals surface area (Å²) in [6.45, 7) is 0.518. The van der Waals surface area contributed by atoms with Gasteiger partial charge in [-0.2, -0.15) is 0 Å². The average Bonchev–Trinajstić information content (AvgIpc) is 2.92. The largest absolute Gasteiger partial charge is 0.390 e. The van der Waals surface area contributed by atoms with Crippen LogP contribution >= 0.6 is 0 Å². The number of hydrogen-bond donors (Lipinski definition) is 1. The van der Waals surface area contributed by atoms with Crippen LogP contribution in [-0.4, -0.2) is 23.9 Å². The summed E-state index contributed by atoms with van der Waals surface area (Å²) in [5.41, 5.74) is 0.314. The van der Waals surface area contributed by atoms with Gasteiger partial charge in [0.05, 0.1) is 12.7 Å². The first-order chi connectivity index (χ1) is 6.66. The molecule has 1 aliphatic heterocycles. The summed E-state index contributed by atoms with van der Waals surface area (Å²) in [4.78, 5) is 0. The Morgan fingerprint density at radius 1 is 1.50 bits per heavy atom. The molecular formula is C10H10F2O2. The Bertz CT molecular complexity index is 337. The smallest absolute Gasteiger partial charge is 0.129 e. The van der Waals surface area contributed by atoms with Crippen molar-refractivity contribution in [3.8, 4) is 0 Å². The zero-order chi connectivity index (χ0) is 10.1. The van der Waals surface area contributed by atoms with Crippen LogP contribution in [0.4, 0.5) is 8.78 Å². The highest BCUT2D eigenvalue weighted by molar-refractivity contribution is 5.19. The Kier molecular flexibility index (Phi) is 2.48. The highest BCUT2D eigenvalue weighted by Gasteiger charge is 2.31. The maximum Gasteiger partial charge on any atom is 0.129 e. The number of epoxide rings is 1. The fourth-order valence-corrected chi connectivity index (χ4v) is 1.32. The van der Waals surface area contributed by atoms with Crippen molar-refractivity contribution in [2.75, 3.05) is 6.61 Å². The molecule has 14 heavy (non-hydrogen) atoms.